The first-order valence-corrected chi connectivity index (χ1v) is 6.19. The molecule has 0 radical (unpaired) electrons. The molecule has 1 aromatic rings. The number of aryl methyl sites for hydroxylation is 1. The molecule has 1 unspecified atom stereocenters. The van der Waals surface area contributed by atoms with Gasteiger partial charge < -0.3 is 5.73 Å². The maximum absolute atomic E-state index is 13.3. The van der Waals surface area contributed by atoms with E-state index in [1.807, 2.05) is 6.07 Å². The summed E-state index contributed by atoms with van der Waals surface area (Å²) in [5.74, 6) is 0.665. The Hall–Kier alpha value is -0.540. The molecule has 1 atom stereocenters. The maximum atomic E-state index is 13.3. The Labute approximate surface area is 95.2 Å². The summed E-state index contributed by atoms with van der Waals surface area (Å²) in [7, 11) is 0. The van der Waals surface area contributed by atoms with Gasteiger partial charge in [0.25, 0.3) is 0 Å². The van der Waals surface area contributed by atoms with Crippen molar-refractivity contribution >= 4 is 11.8 Å². The quantitative estimate of drug-likeness (QED) is 0.854. The Balaban J connectivity index is 2.65. The topological polar surface area (TPSA) is 26.0 Å². The average Bonchev–Trinajstić information content (AvgIpc) is 2.18. The highest BCUT2D eigenvalue weighted by atomic mass is 32.2. The van der Waals surface area contributed by atoms with Crippen LogP contribution in [0.5, 0.6) is 0 Å². The minimum atomic E-state index is -0.169. The minimum absolute atomic E-state index is 0.0764. The molecule has 0 saturated heterocycles. The molecule has 0 saturated carbocycles. The zero-order valence-corrected chi connectivity index (χ0v) is 10.3. The maximum Gasteiger partial charge on any atom is 0.126 e. The van der Waals surface area contributed by atoms with Crippen molar-refractivity contribution in [3.63, 3.8) is 0 Å². The van der Waals surface area contributed by atoms with Gasteiger partial charge in [-0.3, -0.25) is 0 Å². The van der Waals surface area contributed by atoms with Crippen LogP contribution in [-0.4, -0.2) is 11.0 Å². The molecule has 1 nitrogen and oxygen atoms in total. The Morgan fingerprint density at radius 3 is 2.60 bits per heavy atom. The molecule has 1 aromatic carbocycles. The average molecular weight is 227 g/mol. The number of halogens is 1. The van der Waals surface area contributed by atoms with Gasteiger partial charge in [-0.2, -0.15) is 11.8 Å². The van der Waals surface area contributed by atoms with E-state index in [0.717, 1.165) is 11.3 Å². The van der Waals surface area contributed by atoms with Crippen molar-refractivity contribution in [3.8, 4) is 0 Å². The summed E-state index contributed by atoms with van der Waals surface area (Å²) in [6.07, 6.45) is 0. The van der Waals surface area contributed by atoms with Crippen LogP contribution < -0.4 is 5.73 Å². The largest absolute Gasteiger partial charge is 0.323 e. The Morgan fingerprint density at radius 2 is 2.07 bits per heavy atom. The van der Waals surface area contributed by atoms with Gasteiger partial charge >= 0.3 is 0 Å². The summed E-state index contributed by atoms with van der Waals surface area (Å²) in [5, 5.41) is 0.561. The molecule has 0 spiro atoms. The standard InChI is InChI=1S/C12H18FNS/c1-8(2)15-7-12(14)10-5-4-9(3)11(13)6-10/h4-6,8,12H,7,14H2,1-3H3. The fourth-order valence-electron chi connectivity index (χ4n) is 1.23. The third kappa shape index (κ3) is 3.84. The second kappa shape index (κ2) is 5.52. The summed E-state index contributed by atoms with van der Waals surface area (Å²) in [6.45, 7) is 6.02. The predicted octanol–water partition coefficient (Wildman–Crippen LogP) is 3.28. The van der Waals surface area contributed by atoms with Gasteiger partial charge in [-0.25, -0.2) is 4.39 Å². The highest BCUT2D eigenvalue weighted by Crippen LogP contribution is 2.20. The van der Waals surface area contributed by atoms with E-state index in [9.17, 15) is 4.39 Å². The zero-order valence-electron chi connectivity index (χ0n) is 9.46. The molecular formula is C12H18FNS. The first kappa shape index (κ1) is 12.5. The first-order valence-electron chi connectivity index (χ1n) is 5.14. The van der Waals surface area contributed by atoms with E-state index in [1.54, 1.807) is 30.8 Å². The molecular weight excluding hydrogens is 209 g/mol. The predicted molar refractivity (Wildman–Crippen MR) is 65.7 cm³/mol. The SMILES string of the molecule is Cc1ccc(C(N)CSC(C)C)cc1F. The van der Waals surface area contributed by atoms with Crippen LogP contribution in [-0.2, 0) is 0 Å². The number of nitrogens with two attached hydrogens (primary N) is 1. The van der Waals surface area contributed by atoms with Crippen LogP contribution in [0.1, 0.15) is 31.0 Å². The van der Waals surface area contributed by atoms with Crippen molar-refractivity contribution in [1.29, 1.82) is 0 Å². The van der Waals surface area contributed by atoms with E-state index in [4.69, 9.17) is 5.73 Å². The molecule has 0 fully saturated rings. The van der Waals surface area contributed by atoms with Gasteiger partial charge in [0.05, 0.1) is 0 Å². The van der Waals surface area contributed by atoms with Crippen LogP contribution in [0.4, 0.5) is 4.39 Å². The molecule has 2 N–H and O–H groups in total. The van der Waals surface area contributed by atoms with Crippen molar-refractivity contribution in [2.24, 2.45) is 5.73 Å². The number of thioether (sulfide) groups is 1. The normalized spacial score (nSPS) is 13.2. The van der Waals surface area contributed by atoms with E-state index in [0.29, 0.717) is 10.8 Å². The van der Waals surface area contributed by atoms with Crippen LogP contribution >= 0.6 is 11.8 Å². The van der Waals surface area contributed by atoms with Crippen LogP contribution in [0.25, 0.3) is 0 Å². The van der Waals surface area contributed by atoms with Crippen LogP contribution in [0.15, 0.2) is 18.2 Å². The van der Waals surface area contributed by atoms with Crippen molar-refractivity contribution in [2.45, 2.75) is 32.1 Å². The smallest absolute Gasteiger partial charge is 0.126 e. The van der Waals surface area contributed by atoms with Crippen molar-refractivity contribution < 1.29 is 4.39 Å². The molecule has 0 amide bonds. The van der Waals surface area contributed by atoms with Crippen molar-refractivity contribution in [1.82, 2.24) is 0 Å². The number of hydrogen-bond donors (Lipinski definition) is 1. The van der Waals surface area contributed by atoms with Crippen LogP contribution in [0, 0.1) is 12.7 Å². The van der Waals surface area contributed by atoms with Gasteiger partial charge in [-0.05, 0) is 29.4 Å². The minimum Gasteiger partial charge on any atom is -0.323 e. The molecule has 0 heterocycles. The van der Waals surface area contributed by atoms with Crippen LogP contribution in [0.2, 0.25) is 0 Å². The third-order valence-corrected chi connectivity index (χ3v) is 3.45. The fourth-order valence-corrected chi connectivity index (χ4v) is 2.02. The van der Waals surface area contributed by atoms with Crippen LogP contribution in [0.3, 0.4) is 0 Å². The van der Waals surface area contributed by atoms with Gasteiger partial charge in [0, 0.05) is 11.8 Å². The summed E-state index contributed by atoms with van der Waals surface area (Å²) in [4.78, 5) is 0. The van der Waals surface area contributed by atoms with Crippen molar-refractivity contribution in [2.75, 3.05) is 5.75 Å². The molecule has 0 aliphatic rings. The third-order valence-electron chi connectivity index (χ3n) is 2.23. The Kier molecular flexibility index (Phi) is 4.61. The summed E-state index contributed by atoms with van der Waals surface area (Å²) < 4.78 is 13.3. The van der Waals surface area contributed by atoms with E-state index in [1.165, 1.54) is 0 Å². The molecule has 15 heavy (non-hydrogen) atoms. The van der Waals surface area contributed by atoms with Gasteiger partial charge in [0.1, 0.15) is 5.82 Å². The van der Waals surface area contributed by atoms with Gasteiger partial charge in [-0.1, -0.05) is 26.0 Å². The summed E-state index contributed by atoms with van der Waals surface area (Å²) >= 11 is 1.80. The number of benzene rings is 1. The fraction of sp³-hybridized carbons (Fsp3) is 0.500. The van der Waals surface area contributed by atoms with E-state index >= 15 is 0 Å². The van der Waals surface area contributed by atoms with E-state index < -0.39 is 0 Å². The summed E-state index contributed by atoms with van der Waals surface area (Å²) in [6, 6.07) is 5.16. The van der Waals surface area contributed by atoms with Gasteiger partial charge in [0.2, 0.25) is 0 Å². The molecule has 0 aliphatic heterocycles. The van der Waals surface area contributed by atoms with Crippen molar-refractivity contribution in [3.05, 3.63) is 35.1 Å². The lowest BCUT2D eigenvalue weighted by Crippen LogP contribution is -2.14. The second-order valence-electron chi connectivity index (χ2n) is 4.00. The molecule has 0 bridgehead atoms. The molecule has 1 rings (SSSR count). The van der Waals surface area contributed by atoms with Gasteiger partial charge in [-0.15, -0.1) is 0 Å². The van der Waals surface area contributed by atoms with Gasteiger partial charge in [0.15, 0.2) is 0 Å². The lowest BCUT2D eigenvalue weighted by molar-refractivity contribution is 0.613. The molecule has 84 valence electrons. The summed E-state index contributed by atoms with van der Waals surface area (Å²) in [5.41, 5.74) is 7.52. The van der Waals surface area contributed by atoms with E-state index in [2.05, 4.69) is 13.8 Å². The van der Waals surface area contributed by atoms with E-state index in [-0.39, 0.29) is 11.9 Å². The highest BCUT2D eigenvalue weighted by Gasteiger charge is 2.09. The molecule has 0 aromatic heterocycles. The molecule has 3 heteroatoms. The number of hydrogen-bond acceptors (Lipinski definition) is 2. The Bertz CT molecular complexity index is 325. The highest BCUT2D eigenvalue weighted by molar-refractivity contribution is 7.99. The molecule has 0 aliphatic carbocycles. The number of rotatable bonds is 4. The Morgan fingerprint density at radius 1 is 1.40 bits per heavy atom. The lowest BCUT2D eigenvalue weighted by Gasteiger charge is -2.13. The monoisotopic (exact) mass is 227 g/mol. The first-order chi connectivity index (χ1) is 7.00. The second-order valence-corrected chi connectivity index (χ2v) is 5.61. The zero-order chi connectivity index (χ0) is 11.4. The lowest BCUT2D eigenvalue weighted by atomic mass is 10.1.